The van der Waals surface area contributed by atoms with Crippen molar-refractivity contribution in [3.8, 4) is 17.1 Å². The van der Waals surface area contributed by atoms with Crippen LogP contribution in [0.5, 0.6) is 5.75 Å². The van der Waals surface area contributed by atoms with Gasteiger partial charge in [0.05, 0.1) is 11.6 Å². The molecule has 0 unspecified atom stereocenters. The van der Waals surface area contributed by atoms with Gasteiger partial charge in [-0.1, -0.05) is 52.7 Å². The van der Waals surface area contributed by atoms with Crippen molar-refractivity contribution in [2.24, 2.45) is 0 Å². The Labute approximate surface area is 162 Å². The van der Waals surface area contributed by atoms with Gasteiger partial charge in [0, 0.05) is 12.6 Å². The van der Waals surface area contributed by atoms with Gasteiger partial charge in [0.15, 0.2) is 6.10 Å². The second-order valence-electron chi connectivity index (χ2n) is 6.27. The first-order chi connectivity index (χ1) is 12.9. The number of likely N-dealkylation sites (N-methyl/N-ethyl adjacent to an activating group) is 1. The Balaban J connectivity index is 1.64. The molecule has 0 spiro atoms. The largest absolute Gasteiger partial charge is 0.479 e. The first-order valence-corrected chi connectivity index (χ1v) is 8.87. The van der Waals surface area contributed by atoms with Crippen molar-refractivity contribution in [1.82, 2.24) is 15.0 Å². The normalized spacial score (nSPS) is 11.9. The number of carbonyl (C=O) groups is 1. The highest BCUT2D eigenvalue weighted by Crippen LogP contribution is 2.24. The number of carbonyl (C=O) groups excluding carboxylic acids is 1. The summed E-state index contributed by atoms with van der Waals surface area (Å²) in [6, 6.07) is 14.9. The van der Waals surface area contributed by atoms with E-state index < -0.39 is 6.10 Å². The molecule has 0 bridgehead atoms. The third-order valence-corrected chi connectivity index (χ3v) is 4.29. The van der Waals surface area contributed by atoms with Gasteiger partial charge in [-0.3, -0.25) is 4.79 Å². The molecule has 3 aromatic rings. The van der Waals surface area contributed by atoms with E-state index in [1.165, 1.54) is 4.90 Å². The Kier molecular flexibility index (Phi) is 5.76. The number of ether oxygens (including phenoxy) is 1. The quantitative estimate of drug-likeness (QED) is 0.638. The number of hydrogen-bond donors (Lipinski definition) is 0. The average molecular weight is 386 g/mol. The highest BCUT2D eigenvalue weighted by molar-refractivity contribution is 6.32. The summed E-state index contributed by atoms with van der Waals surface area (Å²) in [5, 5.41) is 4.45. The lowest BCUT2D eigenvalue weighted by atomic mass is 10.1. The van der Waals surface area contributed by atoms with Crippen molar-refractivity contribution in [1.29, 1.82) is 0 Å². The van der Waals surface area contributed by atoms with Gasteiger partial charge in [0.1, 0.15) is 5.75 Å². The topological polar surface area (TPSA) is 68.5 Å². The molecule has 3 rings (SSSR count). The van der Waals surface area contributed by atoms with Crippen LogP contribution in [0.1, 0.15) is 18.4 Å². The first kappa shape index (κ1) is 18.9. The number of hydrogen-bond acceptors (Lipinski definition) is 5. The summed E-state index contributed by atoms with van der Waals surface area (Å²) in [7, 11) is 1.66. The maximum absolute atomic E-state index is 12.6. The molecule has 1 amide bonds. The van der Waals surface area contributed by atoms with E-state index in [9.17, 15) is 4.79 Å². The van der Waals surface area contributed by atoms with E-state index in [-0.39, 0.29) is 12.5 Å². The van der Waals surface area contributed by atoms with E-state index in [0.717, 1.165) is 11.1 Å². The maximum atomic E-state index is 12.6. The molecule has 1 heterocycles. The number of aromatic nitrogens is 2. The van der Waals surface area contributed by atoms with Gasteiger partial charge in [-0.25, -0.2) is 0 Å². The molecule has 1 aromatic heterocycles. The van der Waals surface area contributed by atoms with E-state index in [1.54, 1.807) is 38.2 Å². The Morgan fingerprint density at radius 2 is 2.04 bits per heavy atom. The molecule has 140 valence electrons. The Morgan fingerprint density at radius 1 is 1.26 bits per heavy atom. The monoisotopic (exact) mass is 385 g/mol. The van der Waals surface area contributed by atoms with Crippen LogP contribution in [0.25, 0.3) is 11.4 Å². The minimum atomic E-state index is -0.700. The fraction of sp³-hybridized carbons (Fsp3) is 0.250. The summed E-state index contributed by atoms with van der Waals surface area (Å²) in [5.74, 6) is 1.10. The van der Waals surface area contributed by atoms with Gasteiger partial charge < -0.3 is 14.2 Å². The third-order valence-electron chi connectivity index (χ3n) is 3.98. The van der Waals surface area contributed by atoms with Crippen LogP contribution in [-0.2, 0) is 11.3 Å². The third kappa shape index (κ3) is 4.65. The first-order valence-electron chi connectivity index (χ1n) is 8.50. The van der Waals surface area contributed by atoms with Gasteiger partial charge in [0.25, 0.3) is 5.91 Å². The zero-order valence-corrected chi connectivity index (χ0v) is 16.1. The lowest BCUT2D eigenvalue weighted by Crippen LogP contribution is -2.37. The SMILES string of the molecule is Cc1cccc(-c2noc(CN(C)C(=O)[C@H](C)Oc3ccccc3Cl)n2)c1. The van der Waals surface area contributed by atoms with Crippen molar-refractivity contribution >= 4 is 17.5 Å². The van der Waals surface area contributed by atoms with Gasteiger partial charge >= 0.3 is 0 Å². The van der Waals surface area contributed by atoms with Crippen molar-refractivity contribution in [2.45, 2.75) is 26.5 Å². The van der Waals surface area contributed by atoms with Gasteiger partial charge in [-0.15, -0.1) is 0 Å². The number of halogens is 1. The van der Waals surface area contributed by atoms with Crippen molar-refractivity contribution < 1.29 is 14.1 Å². The summed E-state index contributed by atoms with van der Waals surface area (Å²) in [6.45, 7) is 3.86. The molecule has 0 radical (unpaired) electrons. The lowest BCUT2D eigenvalue weighted by molar-refractivity contribution is -0.137. The summed E-state index contributed by atoms with van der Waals surface area (Å²) < 4.78 is 10.9. The van der Waals surface area contributed by atoms with Crippen LogP contribution in [0.3, 0.4) is 0 Å². The van der Waals surface area contributed by atoms with Crippen molar-refractivity contribution in [3.05, 3.63) is 65.0 Å². The molecule has 7 heteroatoms. The Bertz CT molecular complexity index is 941. The van der Waals surface area contributed by atoms with E-state index in [2.05, 4.69) is 10.1 Å². The van der Waals surface area contributed by atoms with Crippen LogP contribution in [0.4, 0.5) is 0 Å². The molecule has 2 aromatic carbocycles. The average Bonchev–Trinajstić information content (AvgIpc) is 3.11. The lowest BCUT2D eigenvalue weighted by Gasteiger charge is -2.21. The highest BCUT2D eigenvalue weighted by Gasteiger charge is 2.22. The number of rotatable bonds is 6. The summed E-state index contributed by atoms with van der Waals surface area (Å²) in [5.41, 5.74) is 1.98. The molecule has 0 aliphatic carbocycles. The van der Waals surface area contributed by atoms with Crippen LogP contribution in [0.15, 0.2) is 53.1 Å². The molecule has 0 saturated carbocycles. The summed E-state index contributed by atoms with van der Waals surface area (Å²) in [4.78, 5) is 18.4. The minimum Gasteiger partial charge on any atom is -0.479 e. The molecule has 0 saturated heterocycles. The summed E-state index contributed by atoms with van der Waals surface area (Å²) >= 11 is 6.07. The zero-order chi connectivity index (χ0) is 19.4. The number of benzene rings is 2. The molecule has 27 heavy (non-hydrogen) atoms. The van der Waals surface area contributed by atoms with Crippen LogP contribution < -0.4 is 4.74 Å². The highest BCUT2D eigenvalue weighted by atomic mass is 35.5. The number of nitrogens with zero attached hydrogens (tertiary/aromatic N) is 3. The van der Waals surface area contributed by atoms with Crippen LogP contribution >= 0.6 is 11.6 Å². The van der Waals surface area contributed by atoms with Crippen LogP contribution in [0, 0.1) is 6.92 Å². The molecule has 6 nitrogen and oxygen atoms in total. The Morgan fingerprint density at radius 3 is 2.78 bits per heavy atom. The maximum Gasteiger partial charge on any atom is 0.263 e. The Hall–Kier alpha value is -2.86. The second kappa shape index (κ2) is 8.22. The summed E-state index contributed by atoms with van der Waals surface area (Å²) in [6.07, 6.45) is -0.700. The number of aryl methyl sites for hydroxylation is 1. The molecular weight excluding hydrogens is 366 g/mol. The number of amides is 1. The van der Waals surface area contributed by atoms with Gasteiger partial charge in [-0.2, -0.15) is 4.98 Å². The van der Waals surface area contributed by atoms with E-state index in [4.69, 9.17) is 20.9 Å². The van der Waals surface area contributed by atoms with Crippen LogP contribution in [0.2, 0.25) is 5.02 Å². The van der Waals surface area contributed by atoms with Crippen molar-refractivity contribution in [2.75, 3.05) is 7.05 Å². The molecule has 0 fully saturated rings. The predicted molar refractivity (Wildman–Crippen MR) is 102 cm³/mol. The predicted octanol–water partition coefficient (Wildman–Crippen LogP) is 4.12. The molecule has 0 N–H and O–H groups in total. The standard InChI is InChI=1S/C20H20ClN3O3/c1-13-7-6-8-15(11-13)19-22-18(27-23-19)12-24(3)20(25)14(2)26-17-10-5-4-9-16(17)21/h4-11,14H,12H2,1-3H3/t14-/m0/s1. The van der Waals surface area contributed by atoms with Crippen LogP contribution in [-0.4, -0.2) is 34.1 Å². The smallest absolute Gasteiger partial charge is 0.263 e. The molecule has 1 atom stereocenters. The molecule has 0 aliphatic rings. The van der Waals surface area contributed by atoms with Gasteiger partial charge in [0.2, 0.25) is 11.7 Å². The van der Waals surface area contributed by atoms with Gasteiger partial charge in [-0.05, 0) is 32.0 Å². The minimum absolute atomic E-state index is 0.188. The van der Waals surface area contributed by atoms with E-state index >= 15 is 0 Å². The fourth-order valence-corrected chi connectivity index (χ4v) is 2.77. The van der Waals surface area contributed by atoms with E-state index in [0.29, 0.717) is 22.5 Å². The second-order valence-corrected chi connectivity index (χ2v) is 6.67. The number of para-hydroxylation sites is 1. The molecule has 0 aliphatic heterocycles. The zero-order valence-electron chi connectivity index (χ0n) is 15.3. The van der Waals surface area contributed by atoms with Crippen molar-refractivity contribution in [3.63, 3.8) is 0 Å². The fourth-order valence-electron chi connectivity index (χ4n) is 2.59. The molecular formula is C20H20ClN3O3. The van der Waals surface area contributed by atoms with E-state index in [1.807, 2.05) is 31.2 Å².